The van der Waals surface area contributed by atoms with E-state index in [4.69, 9.17) is 4.74 Å². The summed E-state index contributed by atoms with van der Waals surface area (Å²) in [5.41, 5.74) is 0.609. The molecule has 0 aromatic rings. The van der Waals surface area contributed by atoms with Crippen molar-refractivity contribution in [3.63, 3.8) is 0 Å². The zero-order valence-electron chi connectivity index (χ0n) is 12.3. The first-order chi connectivity index (χ1) is 8.79. The lowest BCUT2D eigenvalue weighted by Crippen LogP contribution is -2.41. The fraction of sp³-hybridized carbons (Fsp3) is 0.929. The van der Waals surface area contributed by atoms with E-state index in [9.17, 15) is 0 Å². The first kappa shape index (κ1) is 17.0. The fourth-order valence-electron chi connectivity index (χ4n) is 3.32. The average Bonchev–Trinajstić information content (AvgIpc) is 3.00. The van der Waals surface area contributed by atoms with Crippen molar-refractivity contribution in [1.29, 1.82) is 0 Å². The maximum absolute atomic E-state index is 5.07. The minimum atomic E-state index is 0. The molecule has 4 nitrogen and oxygen atoms in total. The molecule has 1 spiro atoms. The van der Waals surface area contributed by atoms with Crippen LogP contribution in [0.3, 0.4) is 0 Å². The number of nitrogens with zero attached hydrogens (tertiary/aromatic N) is 2. The highest BCUT2D eigenvalue weighted by Crippen LogP contribution is 2.45. The van der Waals surface area contributed by atoms with Crippen molar-refractivity contribution in [2.75, 3.05) is 39.9 Å². The molecule has 1 saturated heterocycles. The van der Waals surface area contributed by atoms with Crippen molar-refractivity contribution >= 4 is 29.9 Å². The summed E-state index contributed by atoms with van der Waals surface area (Å²) in [6, 6.07) is 0. The normalized spacial score (nSPS) is 21.8. The zero-order valence-corrected chi connectivity index (χ0v) is 14.6. The van der Waals surface area contributed by atoms with Gasteiger partial charge >= 0.3 is 0 Å². The van der Waals surface area contributed by atoms with E-state index in [-0.39, 0.29) is 24.0 Å². The number of likely N-dealkylation sites (tertiary alicyclic amines) is 1. The minimum absolute atomic E-state index is 0. The molecule has 0 aromatic carbocycles. The molecule has 0 aromatic heterocycles. The van der Waals surface area contributed by atoms with Gasteiger partial charge in [0, 0.05) is 26.7 Å². The van der Waals surface area contributed by atoms with Crippen molar-refractivity contribution in [1.82, 2.24) is 10.2 Å². The molecule has 112 valence electrons. The van der Waals surface area contributed by atoms with Crippen LogP contribution in [0.5, 0.6) is 0 Å². The van der Waals surface area contributed by atoms with Crippen molar-refractivity contribution in [2.24, 2.45) is 10.4 Å². The van der Waals surface area contributed by atoms with Crippen molar-refractivity contribution in [3.8, 4) is 0 Å². The van der Waals surface area contributed by atoms with Crippen LogP contribution in [-0.4, -0.2) is 50.8 Å². The van der Waals surface area contributed by atoms with Crippen LogP contribution in [0.2, 0.25) is 0 Å². The monoisotopic (exact) mass is 381 g/mol. The van der Waals surface area contributed by atoms with E-state index in [1.54, 1.807) is 7.11 Å². The molecule has 1 heterocycles. The van der Waals surface area contributed by atoms with Gasteiger partial charge in [-0.25, -0.2) is 0 Å². The van der Waals surface area contributed by atoms with Crippen LogP contribution in [0.15, 0.2) is 4.99 Å². The number of rotatable bonds is 4. The largest absolute Gasteiger partial charge is 0.383 e. The summed E-state index contributed by atoms with van der Waals surface area (Å²) in [5, 5.41) is 3.41. The maximum Gasteiger partial charge on any atom is 0.194 e. The number of guanidine groups is 1. The third kappa shape index (κ3) is 4.48. The van der Waals surface area contributed by atoms with Crippen LogP contribution in [-0.2, 0) is 4.74 Å². The van der Waals surface area contributed by atoms with E-state index in [1.165, 1.54) is 45.2 Å². The molecule has 0 unspecified atom stereocenters. The Morgan fingerprint density at radius 3 is 2.68 bits per heavy atom. The Bertz CT molecular complexity index is 290. The van der Waals surface area contributed by atoms with Crippen molar-refractivity contribution in [2.45, 2.75) is 39.0 Å². The summed E-state index contributed by atoms with van der Waals surface area (Å²) >= 11 is 0. The van der Waals surface area contributed by atoms with Crippen LogP contribution in [0.4, 0.5) is 0 Å². The molecule has 2 fully saturated rings. The van der Waals surface area contributed by atoms with Gasteiger partial charge in [0.2, 0.25) is 0 Å². The first-order valence-electron chi connectivity index (χ1n) is 7.32. The molecule has 0 radical (unpaired) electrons. The van der Waals surface area contributed by atoms with Crippen LogP contribution in [0, 0.1) is 5.41 Å². The van der Waals surface area contributed by atoms with Crippen LogP contribution in [0.25, 0.3) is 0 Å². The lowest BCUT2D eigenvalue weighted by Gasteiger charge is -2.25. The predicted molar refractivity (Wildman–Crippen MR) is 90.4 cm³/mol. The second-order valence-electron chi connectivity index (χ2n) is 5.61. The summed E-state index contributed by atoms with van der Waals surface area (Å²) in [4.78, 5) is 7.10. The second kappa shape index (κ2) is 8.29. The SMILES string of the molecule is CCNC(=NCCOC)N1CCC2(CCCC2)C1.I. The predicted octanol–water partition coefficient (Wildman–Crippen LogP) is 2.48. The Kier molecular flexibility index (Phi) is 7.42. The van der Waals surface area contributed by atoms with Gasteiger partial charge in [-0.1, -0.05) is 12.8 Å². The zero-order chi connectivity index (χ0) is 12.8. The van der Waals surface area contributed by atoms with Gasteiger partial charge in [-0.3, -0.25) is 4.99 Å². The number of nitrogens with one attached hydrogen (secondary N) is 1. The van der Waals surface area contributed by atoms with Gasteiger partial charge in [-0.05, 0) is 31.6 Å². The van der Waals surface area contributed by atoms with Gasteiger partial charge in [0.25, 0.3) is 0 Å². The van der Waals surface area contributed by atoms with E-state index in [0.29, 0.717) is 12.0 Å². The van der Waals surface area contributed by atoms with Crippen LogP contribution >= 0.6 is 24.0 Å². The highest BCUT2D eigenvalue weighted by Gasteiger charge is 2.40. The van der Waals surface area contributed by atoms with Crippen LogP contribution < -0.4 is 5.32 Å². The Morgan fingerprint density at radius 2 is 2.05 bits per heavy atom. The Labute approximate surface area is 134 Å². The molecule has 0 amide bonds. The number of ether oxygens (including phenoxy) is 1. The number of hydrogen-bond acceptors (Lipinski definition) is 2. The molecule has 1 N–H and O–H groups in total. The van der Waals surface area contributed by atoms with Gasteiger partial charge < -0.3 is 15.0 Å². The molecule has 1 saturated carbocycles. The van der Waals surface area contributed by atoms with Gasteiger partial charge in [0.1, 0.15) is 0 Å². The molecule has 0 atom stereocenters. The smallest absolute Gasteiger partial charge is 0.194 e. The molecule has 1 aliphatic carbocycles. The van der Waals surface area contributed by atoms with Gasteiger partial charge in [0.05, 0.1) is 13.2 Å². The van der Waals surface area contributed by atoms with Gasteiger partial charge in [-0.15, -0.1) is 24.0 Å². The Morgan fingerprint density at radius 1 is 1.32 bits per heavy atom. The fourth-order valence-corrected chi connectivity index (χ4v) is 3.32. The Hall–Kier alpha value is -0.0400. The van der Waals surface area contributed by atoms with Gasteiger partial charge in [-0.2, -0.15) is 0 Å². The number of hydrogen-bond donors (Lipinski definition) is 1. The summed E-state index contributed by atoms with van der Waals surface area (Å²) in [6.07, 6.45) is 7.03. The van der Waals surface area contributed by atoms with E-state index in [0.717, 1.165) is 19.0 Å². The minimum Gasteiger partial charge on any atom is -0.383 e. The topological polar surface area (TPSA) is 36.9 Å². The summed E-state index contributed by atoms with van der Waals surface area (Å²) in [6.45, 7) is 6.89. The molecule has 0 bridgehead atoms. The molecule has 1 aliphatic heterocycles. The summed E-state index contributed by atoms with van der Waals surface area (Å²) < 4.78 is 5.07. The van der Waals surface area contributed by atoms with E-state index in [1.807, 2.05) is 0 Å². The number of halogens is 1. The van der Waals surface area contributed by atoms with Gasteiger partial charge in [0.15, 0.2) is 5.96 Å². The van der Waals surface area contributed by atoms with E-state index in [2.05, 4.69) is 22.1 Å². The van der Waals surface area contributed by atoms with Crippen molar-refractivity contribution in [3.05, 3.63) is 0 Å². The highest BCUT2D eigenvalue weighted by atomic mass is 127. The second-order valence-corrected chi connectivity index (χ2v) is 5.61. The molecule has 2 rings (SSSR count). The molecule has 2 aliphatic rings. The number of aliphatic imine (C=N–C) groups is 1. The average molecular weight is 381 g/mol. The summed E-state index contributed by atoms with van der Waals surface area (Å²) in [7, 11) is 1.73. The highest BCUT2D eigenvalue weighted by molar-refractivity contribution is 14.0. The number of methoxy groups -OCH3 is 1. The van der Waals surface area contributed by atoms with Crippen LogP contribution in [0.1, 0.15) is 39.0 Å². The molecular weight excluding hydrogens is 353 g/mol. The molecular formula is C14H28IN3O. The van der Waals surface area contributed by atoms with E-state index < -0.39 is 0 Å². The quantitative estimate of drug-likeness (QED) is 0.352. The third-order valence-corrected chi connectivity index (χ3v) is 4.29. The molecule has 19 heavy (non-hydrogen) atoms. The maximum atomic E-state index is 5.07. The van der Waals surface area contributed by atoms with Crippen molar-refractivity contribution < 1.29 is 4.74 Å². The standard InChI is InChI=1S/C14H27N3O.HI/c1-3-15-13(16-9-11-18-2)17-10-8-14(12-17)6-4-5-7-14;/h3-12H2,1-2H3,(H,15,16);1H. The lowest BCUT2D eigenvalue weighted by atomic mass is 9.86. The Balaban J connectivity index is 0.00000180. The molecule has 5 heteroatoms. The lowest BCUT2D eigenvalue weighted by molar-refractivity contribution is 0.207. The summed E-state index contributed by atoms with van der Waals surface area (Å²) in [5.74, 6) is 1.08. The third-order valence-electron chi connectivity index (χ3n) is 4.29. The van der Waals surface area contributed by atoms with E-state index >= 15 is 0 Å². The first-order valence-corrected chi connectivity index (χ1v) is 7.32.